The van der Waals surface area contributed by atoms with Gasteiger partial charge in [0.05, 0.1) is 26.1 Å². The Morgan fingerprint density at radius 3 is 1.56 bits per heavy atom. The number of ether oxygens (including phenoxy) is 2. The third kappa shape index (κ3) is 8.99. The molecule has 16 heavy (non-hydrogen) atoms. The molecule has 0 aromatic carbocycles. The van der Waals surface area contributed by atoms with E-state index in [4.69, 9.17) is 9.47 Å². The summed E-state index contributed by atoms with van der Waals surface area (Å²) in [5.41, 5.74) is 0. The summed E-state index contributed by atoms with van der Waals surface area (Å²) in [7, 11) is 0. The molecule has 0 spiro atoms. The van der Waals surface area contributed by atoms with Crippen LogP contribution >= 0.6 is 0 Å². The molecule has 0 heterocycles. The summed E-state index contributed by atoms with van der Waals surface area (Å²) in [6.07, 6.45) is 7.26. The van der Waals surface area contributed by atoms with Crippen LogP contribution in [0.1, 0.15) is 26.7 Å². The fourth-order valence-electron chi connectivity index (χ4n) is 0.925. The number of hydrogen-bond donors (Lipinski definition) is 0. The number of hydrogen-bond acceptors (Lipinski definition) is 4. The Balaban J connectivity index is 3.63. The van der Waals surface area contributed by atoms with Crippen molar-refractivity contribution in [3.8, 4) is 0 Å². The smallest absolute Gasteiger partial charge is 0.309 e. The molecular formula is C12H18O4. The third-order valence-electron chi connectivity index (χ3n) is 1.56. The molecule has 0 aromatic rings. The van der Waals surface area contributed by atoms with Gasteiger partial charge >= 0.3 is 11.9 Å². The molecule has 0 rings (SSSR count). The zero-order valence-electron chi connectivity index (χ0n) is 9.77. The summed E-state index contributed by atoms with van der Waals surface area (Å²) in [4.78, 5) is 21.8. The number of carbonyl (C=O) groups excluding carboxylic acids is 2. The van der Waals surface area contributed by atoms with Crippen LogP contribution in [-0.4, -0.2) is 25.2 Å². The standard InChI is InChI=1S/C12H18O4/c1-3-15-11(13)9-7-5-6-8-10-12(14)16-4-2/h5-8H,3-4,9-10H2,1-2H3/b7-5+,8-6+. The van der Waals surface area contributed by atoms with Crippen LogP contribution < -0.4 is 0 Å². The predicted octanol–water partition coefficient (Wildman–Crippen LogP) is 2.01. The number of esters is 2. The molecule has 0 unspecified atom stereocenters. The van der Waals surface area contributed by atoms with Crippen LogP contribution in [0.3, 0.4) is 0 Å². The molecule has 90 valence electrons. The van der Waals surface area contributed by atoms with Crippen LogP contribution in [0.25, 0.3) is 0 Å². The Labute approximate surface area is 95.9 Å². The van der Waals surface area contributed by atoms with E-state index in [2.05, 4.69) is 0 Å². The molecule has 0 saturated heterocycles. The maximum atomic E-state index is 10.9. The van der Waals surface area contributed by atoms with Gasteiger partial charge < -0.3 is 9.47 Å². The quantitative estimate of drug-likeness (QED) is 0.492. The maximum absolute atomic E-state index is 10.9. The molecule has 0 aromatic heterocycles. The molecule has 4 nitrogen and oxygen atoms in total. The fourth-order valence-corrected chi connectivity index (χ4v) is 0.925. The Kier molecular flexibility index (Phi) is 8.97. The van der Waals surface area contributed by atoms with Gasteiger partial charge in [0, 0.05) is 0 Å². The zero-order chi connectivity index (χ0) is 12.2. The second-order valence-corrected chi connectivity index (χ2v) is 2.87. The average molecular weight is 226 g/mol. The first-order valence-corrected chi connectivity index (χ1v) is 5.33. The SMILES string of the molecule is CCOC(=O)C/C=C/C=C/CC(=O)OCC. The fraction of sp³-hybridized carbons (Fsp3) is 0.500. The summed E-state index contributed by atoms with van der Waals surface area (Å²) < 4.78 is 9.46. The summed E-state index contributed by atoms with van der Waals surface area (Å²) >= 11 is 0. The van der Waals surface area contributed by atoms with E-state index in [0.717, 1.165) is 0 Å². The van der Waals surface area contributed by atoms with E-state index >= 15 is 0 Å². The van der Waals surface area contributed by atoms with Crippen molar-refractivity contribution in [2.24, 2.45) is 0 Å². The van der Waals surface area contributed by atoms with Gasteiger partial charge in [0.1, 0.15) is 0 Å². The first kappa shape index (κ1) is 14.4. The van der Waals surface area contributed by atoms with Gasteiger partial charge in [-0.05, 0) is 13.8 Å². The van der Waals surface area contributed by atoms with Crippen LogP contribution in [0.2, 0.25) is 0 Å². The highest BCUT2D eigenvalue weighted by atomic mass is 16.5. The molecule has 0 amide bonds. The lowest BCUT2D eigenvalue weighted by Gasteiger charge is -1.96. The molecule has 4 heteroatoms. The van der Waals surface area contributed by atoms with Crippen molar-refractivity contribution in [1.29, 1.82) is 0 Å². The van der Waals surface area contributed by atoms with Crippen molar-refractivity contribution in [3.05, 3.63) is 24.3 Å². The molecular weight excluding hydrogens is 208 g/mol. The van der Waals surface area contributed by atoms with Crippen molar-refractivity contribution in [2.45, 2.75) is 26.7 Å². The molecule has 0 fully saturated rings. The average Bonchev–Trinajstić information content (AvgIpc) is 2.24. The minimum absolute atomic E-state index is 0.248. The summed E-state index contributed by atoms with van der Waals surface area (Å²) in [5.74, 6) is -0.505. The van der Waals surface area contributed by atoms with E-state index in [-0.39, 0.29) is 24.8 Å². The van der Waals surface area contributed by atoms with Crippen molar-refractivity contribution in [1.82, 2.24) is 0 Å². The van der Waals surface area contributed by atoms with E-state index in [9.17, 15) is 9.59 Å². The van der Waals surface area contributed by atoms with Gasteiger partial charge in [-0.25, -0.2) is 0 Å². The zero-order valence-corrected chi connectivity index (χ0v) is 9.77. The molecule has 0 aliphatic heterocycles. The highest BCUT2D eigenvalue weighted by molar-refractivity contribution is 5.71. The molecule has 0 radical (unpaired) electrons. The van der Waals surface area contributed by atoms with Crippen LogP contribution in [0.4, 0.5) is 0 Å². The van der Waals surface area contributed by atoms with Crippen LogP contribution in [0, 0.1) is 0 Å². The number of allylic oxidation sites excluding steroid dienone is 2. The maximum Gasteiger partial charge on any atom is 0.309 e. The van der Waals surface area contributed by atoms with Gasteiger partial charge in [-0.3, -0.25) is 9.59 Å². The van der Waals surface area contributed by atoms with E-state index in [1.807, 2.05) is 0 Å². The van der Waals surface area contributed by atoms with Crippen LogP contribution in [-0.2, 0) is 19.1 Å². The van der Waals surface area contributed by atoms with Gasteiger partial charge in [-0.1, -0.05) is 24.3 Å². The molecule has 0 atom stereocenters. The summed E-state index contributed by atoms with van der Waals surface area (Å²) in [6, 6.07) is 0. The lowest BCUT2D eigenvalue weighted by Crippen LogP contribution is -2.01. The van der Waals surface area contributed by atoms with E-state index in [1.165, 1.54) is 0 Å². The third-order valence-corrected chi connectivity index (χ3v) is 1.56. The highest BCUT2D eigenvalue weighted by Crippen LogP contribution is 1.92. The Hall–Kier alpha value is -1.58. The van der Waals surface area contributed by atoms with Crippen molar-refractivity contribution in [3.63, 3.8) is 0 Å². The van der Waals surface area contributed by atoms with Crippen LogP contribution in [0.15, 0.2) is 24.3 Å². The summed E-state index contributed by atoms with van der Waals surface area (Å²) in [5, 5.41) is 0. The van der Waals surface area contributed by atoms with Crippen molar-refractivity contribution >= 4 is 11.9 Å². The number of rotatable bonds is 7. The van der Waals surface area contributed by atoms with Crippen LogP contribution in [0.5, 0.6) is 0 Å². The normalized spacial score (nSPS) is 10.9. The Bertz CT molecular complexity index is 238. The first-order valence-electron chi connectivity index (χ1n) is 5.33. The highest BCUT2D eigenvalue weighted by Gasteiger charge is 1.96. The second kappa shape index (κ2) is 9.96. The minimum Gasteiger partial charge on any atom is -0.466 e. The van der Waals surface area contributed by atoms with Gasteiger partial charge in [0.2, 0.25) is 0 Å². The van der Waals surface area contributed by atoms with Gasteiger partial charge in [-0.15, -0.1) is 0 Å². The molecule has 0 saturated carbocycles. The second-order valence-electron chi connectivity index (χ2n) is 2.87. The van der Waals surface area contributed by atoms with E-state index in [0.29, 0.717) is 13.2 Å². The Morgan fingerprint density at radius 2 is 1.25 bits per heavy atom. The van der Waals surface area contributed by atoms with E-state index in [1.54, 1.807) is 38.2 Å². The molecule has 0 aliphatic rings. The number of carbonyl (C=O) groups is 2. The minimum atomic E-state index is -0.252. The molecule has 0 N–H and O–H groups in total. The largest absolute Gasteiger partial charge is 0.466 e. The van der Waals surface area contributed by atoms with Gasteiger partial charge in [0.15, 0.2) is 0 Å². The monoisotopic (exact) mass is 226 g/mol. The molecule has 0 bridgehead atoms. The lowest BCUT2D eigenvalue weighted by molar-refractivity contribution is -0.143. The lowest BCUT2D eigenvalue weighted by atomic mass is 10.3. The predicted molar refractivity (Wildman–Crippen MR) is 60.8 cm³/mol. The van der Waals surface area contributed by atoms with Crippen molar-refractivity contribution in [2.75, 3.05) is 13.2 Å². The van der Waals surface area contributed by atoms with Gasteiger partial charge in [0.25, 0.3) is 0 Å². The van der Waals surface area contributed by atoms with Crippen molar-refractivity contribution < 1.29 is 19.1 Å². The summed E-state index contributed by atoms with van der Waals surface area (Å²) in [6.45, 7) is 4.32. The first-order chi connectivity index (χ1) is 7.70. The topological polar surface area (TPSA) is 52.6 Å². The van der Waals surface area contributed by atoms with Gasteiger partial charge in [-0.2, -0.15) is 0 Å². The molecule has 0 aliphatic carbocycles. The van der Waals surface area contributed by atoms with E-state index < -0.39 is 0 Å². The Morgan fingerprint density at radius 1 is 0.875 bits per heavy atom.